The minimum absolute atomic E-state index is 0.344. The Hall–Kier alpha value is -2.64. The van der Waals surface area contributed by atoms with Gasteiger partial charge < -0.3 is 0 Å². The lowest BCUT2D eigenvalue weighted by molar-refractivity contribution is -0.160. The Kier molecular flexibility index (Phi) is 3.40. The quantitative estimate of drug-likeness (QED) is 0.786. The number of carbonyl (C=O) groups excluding carboxylic acids is 2. The summed E-state index contributed by atoms with van der Waals surface area (Å²) in [5.41, 5.74) is 1.14. The van der Waals surface area contributed by atoms with Gasteiger partial charge in [-0.3, -0.25) is 19.4 Å². The fourth-order valence-electron chi connectivity index (χ4n) is 3.36. The Labute approximate surface area is 137 Å². The van der Waals surface area contributed by atoms with Crippen LogP contribution in [0.25, 0.3) is 0 Å². The molecular formula is C17H14FN3O3. The zero-order valence-electron chi connectivity index (χ0n) is 12.8. The normalized spacial score (nSPS) is 26.9. The monoisotopic (exact) mass is 327 g/mol. The van der Waals surface area contributed by atoms with Crippen LogP contribution in [0.2, 0.25) is 0 Å². The van der Waals surface area contributed by atoms with Crippen molar-refractivity contribution in [3.05, 3.63) is 60.2 Å². The van der Waals surface area contributed by atoms with Crippen molar-refractivity contribution in [2.75, 3.05) is 11.9 Å². The van der Waals surface area contributed by atoms with E-state index in [1.807, 2.05) is 6.07 Å². The molecule has 0 saturated carbocycles. The number of imide groups is 1. The number of pyridine rings is 1. The van der Waals surface area contributed by atoms with Crippen LogP contribution >= 0.6 is 0 Å². The predicted octanol–water partition coefficient (Wildman–Crippen LogP) is 1.70. The molecule has 3 heterocycles. The van der Waals surface area contributed by atoms with E-state index in [-0.39, 0.29) is 5.91 Å². The first-order chi connectivity index (χ1) is 11.6. The van der Waals surface area contributed by atoms with Crippen molar-refractivity contribution in [1.82, 2.24) is 10.0 Å². The highest BCUT2D eigenvalue weighted by atomic mass is 19.1. The lowest BCUT2D eigenvalue weighted by Crippen LogP contribution is -2.36. The summed E-state index contributed by atoms with van der Waals surface area (Å²) in [5, 5.41) is 1.53. The SMILES string of the molecule is CN1O[C@@H]2C(=O)N(c3ccc(F)cc3)C(=O)[C@@H]2[C@@H]1c1cccnc1. The molecule has 0 N–H and O–H groups in total. The third kappa shape index (κ3) is 2.13. The van der Waals surface area contributed by atoms with Gasteiger partial charge in [-0.05, 0) is 35.9 Å². The van der Waals surface area contributed by atoms with Gasteiger partial charge in [0, 0.05) is 19.4 Å². The van der Waals surface area contributed by atoms with E-state index in [9.17, 15) is 14.0 Å². The van der Waals surface area contributed by atoms with Gasteiger partial charge in [0.25, 0.3) is 5.91 Å². The van der Waals surface area contributed by atoms with Gasteiger partial charge in [-0.15, -0.1) is 0 Å². The molecular weight excluding hydrogens is 313 g/mol. The highest BCUT2D eigenvalue weighted by Gasteiger charge is 2.59. The van der Waals surface area contributed by atoms with E-state index in [4.69, 9.17) is 4.84 Å². The van der Waals surface area contributed by atoms with E-state index >= 15 is 0 Å². The summed E-state index contributed by atoms with van der Waals surface area (Å²) in [6.07, 6.45) is 2.42. The molecule has 0 radical (unpaired) electrons. The average Bonchev–Trinajstić information content (AvgIpc) is 3.05. The molecule has 4 rings (SSSR count). The van der Waals surface area contributed by atoms with E-state index in [1.54, 1.807) is 25.5 Å². The van der Waals surface area contributed by atoms with E-state index in [0.717, 1.165) is 10.5 Å². The molecule has 7 heteroatoms. The summed E-state index contributed by atoms with van der Waals surface area (Å²) in [7, 11) is 1.69. The van der Waals surface area contributed by atoms with Crippen LogP contribution in [0.15, 0.2) is 48.8 Å². The summed E-state index contributed by atoms with van der Waals surface area (Å²) in [5.74, 6) is -1.87. The first-order valence-electron chi connectivity index (χ1n) is 7.51. The smallest absolute Gasteiger partial charge is 0.265 e. The third-order valence-electron chi connectivity index (χ3n) is 4.42. The van der Waals surface area contributed by atoms with Crippen LogP contribution in [0.3, 0.4) is 0 Å². The number of benzene rings is 1. The van der Waals surface area contributed by atoms with Crippen LogP contribution in [-0.2, 0) is 14.4 Å². The Bertz CT molecular complexity index is 796. The lowest BCUT2D eigenvalue weighted by atomic mass is 9.92. The number of anilines is 1. The van der Waals surface area contributed by atoms with Crippen LogP contribution in [0.1, 0.15) is 11.6 Å². The fourth-order valence-corrected chi connectivity index (χ4v) is 3.36. The molecule has 2 fully saturated rings. The minimum atomic E-state index is -0.877. The Balaban J connectivity index is 1.72. The van der Waals surface area contributed by atoms with Crippen molar-refractivity contribution < 1.29 is 18.8 Å². The lowest BCUT2D eigenvalue weighted by Gasteiger charge is -2.23. The maximum Gasteiger partial charge on any atom is 0.265 e. The van der Waals surface area contributed by atoms with Crippen LogP contribution < -0.4 is 4.90 Å². The molecule has 1 aromatic heterocycles. The molecule has 0 aliphatic carbocycles. The maximum absolute atomic E-state index is 13.1. The van der Waals surface area contributed by atoms with Gasteiger partial charge in [0.2, 0.25) is 5.91 Å². The number of aromatic nitrogens is 1. The predicted molar refractivity (Wildman–Crippen MR) is 82.0 cm³/mol. The molecule has 2 saturated heterocycles. The second-order valence-corrected chi connectivity index (χ2v) is 5.82. The largest absolute Gasteiger partial charge is 0.284 e. The molecule has 1 aromatic carbocycles. The molecule has 0 spiro atoms. The van der Waals surface area contributed by atoms with Crippen molar-refractivity contribution in [3.8, 4) is 0 Å². The summed E-state index contributed by atoms with van der Waals surface area (Å²) in [6, 6.07) is 8.48. The van der Waals surface area contributed by atoms with Crippen molar-refractivity contribution in [2.24, 2.45) is 5.92 Å². The molecule has 2 aliphatic heterocycles. The molecule has 2 aliphatic rings. The van der Waals surface area contributed by atoms with Crippen molar-refractivity contribution >= 4 is 17.5 Å². The summed E-state index contributed by atoms with van der Waals surface area (Å²) < 4.78 is 13.1. The van der Waals surface area contributed by atoms with E-state index < -0.39 is 29.8 Å². The zero-order valence-corrected chi connectivity index (χ0v) is 12.8. The van der Waals surface area contributed by atoms with Gasteiger partial charge in [0.1, 0.15) is 5.82 Å². The summed E-state index contributed by atoms with van der Waals surface area (Å²) >= 11 is 0. The average molecular weight is 327 g/mol. The molecule has 0 bridgehead atoms. The van der Waals surface area contributed by atoms with Gasteiger partial charge in [0.15, 0.2) is 6.10 Å². The van der Waals surface area contributed by atoms with Crippen LogP contribution in [-0.4, -0.2) is 35.0 Å². The number of amides is 2. The molecule has 122 valence electrons. The molecule has 0 unspecified atom stereocenters. The molecule has 24 heavy (non-hydrogen) atoms. The number of hydrogen-bond donors (Lipinski definition) is 0. The number of carbonyl (C=O) groups is 2. The highest BCUT2D eigenvalue weighted by Crippen LogP contribution is 2.44. The van der Waals surface area contributed by atoms with Crippen molar-refractivity contribution in [1.29, 1.82) is 0 Å². The van der Waals surface area contributed by atoms with E-state index in [2.05, 4.69) is 4.98 Å². The van der Waals surface area contributed by atoms with Gasteiger partial charge in [-0.25, -0.2) is 9.29 Å². The first-order valence-corrected chi connectivity index (χ1v) is 7.51. The maximum atomic E-state index is 13.1. The number of fused-ring (bicyclic) bond motifs is 1. The van der Waals surface area contributed by atoms with Crippen LogP contribution in [0.5, 0.6) is 0 Å². The molecule has 2 amide bonds. The summed E-state index contributed by atoms with van der Waals surface area (Å²) in [6.45, 7) is 0. The topological polar surface area (TPSA) is 62.7 Å². The Morgan fingerprint density at radius 2 is 1.88 bits per heavy atom. The Morgan fingerprint density at radius 3 is 2.54 bits per heavy atom. The van der Waals surface area contributed by atoms with Gasteiger partial charge in [0.05, 0.1) is 17.6 Å². The number of nitrogens with zero attached hydrogens (tertiary/aromatic N) is 3. The van der Waals surface area contributed by atoms with Gasteiger partial charge in [-0.1, -0.05) is 6.07 Å². The van der Waals surface area contributed by atoms with Crippen LogP contribution in [0.4, 0.5) is 10.1 Å². The highest BCUT2D eigenvalue weighted by molar-refractivity contribution is 6.23. The number of halogens is 1. The van der Waals surface area contributed by atoms with Gasteiger partial charge >= 0.3 is 0 Å². The fraction of sp³-hybridized carbons (Fsp3) is 0.235. The van der Waals surface area contributed by atoms with Crippen molar-refractivity contribution in [3.63, 3.8) is 0 Å². The summed E-state index contributed by atoms with van der Waals surface area (Å²) in [4.78, 5) is 36.3. The van der Waals surface area contributed by atoms with Crippen LogP contribution in [0, 0.1) is 11.7 Å². The van der Waals surface area contributed by atoms with Gasteiger partial charge in [-0.2, -0.15) is 5.06 Å². The molecule has 2 aromatic rings. The zero-order chi connectivity index (χ0) is 16.8. The minimum Gasteiger partial charge on any atom is -0.284 e. The van der Waals surface area contributed by atoms with E-state index in [1.165, 1.54) is 29.3 Å². The number of hydrogen-bond acceptors (Lipinski definition) is 5. The third-order valence-corrected chi connectivity index (χ3v) is 4.42. The molecule has 3 atom stereocenters. The second kappa shape index (κ2) is 5.47. The number of rotatable bonds is 2. The standard InChI is InChI=1S/C17H14FN3O3/c1-20-14(10-3-2-8-19-9-10)13-15(24-20)17(23)21(16(13)22)12-6-4-11(18)5-7-12/h2-9,13-15H,1H3/t13-,14+,15+/m1/s1. The van der Waals surface area contributed by atoms with Crippen molar-refractivity contribution in [2.45, 2.75) is 12.1 Å². The van der Waals surface area contributed by atoms with E-state index in [0.29, 0.717) is 5.69 Å². The first kappa shape index (κ1) is 14.9. The number of hydroxylamine groups is 2. The molecule has 6 nitrogen and oxygen atoms in total. The second-order valence-electron chi connectivity index (χ2n) is 5.82. The Morgan fingerprint density at radius 1 is 1.12 bits per heavy atom.